The Morgan fingerprint density at radius 2 is 0.881 bits per heavy atom. The topological polar surface area (TPSA) is 37.2 Å². The minimum atomic E-state index is -2.33. The van der Waals surface area contributed by atoms with Crippen molar-refractivity contribution in [3.8, 4) is 0 Å². The largest absolute Gasteiger partial charge is 0.454 e. The molecule has 0 fully saturated rings. The van der Waals surface area contributed by atoms with Crippen molar-refractivity contribution in [3.05, 3.63) is 210 Å². The average molecular weight is 865 g/mol. The van der Waals surface area contributed by atoms with Gasteiger partial charge in [0.2, 0.25) is 0 Å². The molecule has 14 rings (SSSR count). The van der Waals surface area contributed by atoms with Gasteiger partial charge in [-0.2, -0.15) is 0 Å². The van der Waals surface area contributed by atoms with E-state index in [1.165, 1.54) is 27.1 Å². The van der Waals surface area contributed by atoms with Crippen molar-refractivity contribution in [3.63, 3.8) is 0 Å². The highest BCUT2D eigenvalue weighted by Crippen LogP contribution is 2.50. The third-order valence-electron chi connectivity index (χ3n) is 14.2. The Kier molecular flexibility index (Phi) is 7.26. The van der Waals surface area contributed by atoms with Crippen LogP contribution in [0.2, 0.25) is 0 Å². The Bertz CT molecular complexity index is 4480. The van der Waals surface area contributed by atoms with Crippen LogP contribution in [-0.4, -0.2) is 4.40 Å². The molecular weight excluding hydrogens is 819 g/mol. The minimum Gasteiger partial charge on any atom is -0.454 e. The van der Waals surface area contributed by atoms with Gasteiger partial charge in [0.1, 0.15) is 11.2 Å². The predicted octanol–water partition coefficient (Wildman–Crippen LogP) is 18.0. The van der Waals surface area contributed by atoms with Gasteiger partial charge in [0, 0.05) is 70.0 Å². The summed E-state index contributed by atoms with van der Waals surface area (Å²) in [6, 6.07) is 66.1. The lowest BCUT2D eigenvalue weighted by Crippen LogP contribution is -2.11. The Morgan fingerprint density at radius 3 is 1.54 bits per heavy atom. The molecule has 14 aromatic rings. The minimum absolute atomic E-state index is 0.204. The van der Waals surface area contributed by atoms with Crippen molar-refractivity contribution >= 4 is 127 Å². The second kappa shape index (κ2) is 14.0. The number of anilines is 6. The third kappa shape index (κ3) is 5.31. The first-order valence-corrected chi connectivity index (χ1v) is 22.8. The van der Waals surface area contributed by atoms with E-state index in [1.807, 2.05) is 18.2 Å². The number of benzene rings is 10. The van der Waals surface area contributed by atoms with Crippen LogP contribution >= 0.6 is 0 Å². The van der Waals surface area contributed by atoms with Crippen molar-refractivity contribution in [1.82, 2.24) is 4.40 Å². The van der Waals surface area contributed by atoms with Crippen LogP contribution in [0.25, 0.3) is 92.7 Å². The number of aromatic nitrogens is 1. The Morgan fingerprint density at radius 1 is 0.373 bits per heavy atom. The molecule has 5 heteroatoms. The molecule has 0 radical (unpaired) electrons. The predicted molar refractivity (Wildman–Crippen MR) is 281 cm³/mol. The third-order valence-corrected chi connectivity index (χ3v) is 14.2. The molecule has 5 nitrogen and oxygen atoms in total. The van der Waals surface area contributed by atoms with Gasteiger partial charge in [0.25, 0.3) is 0 Å². The van der Waals surface area contributed by atoms with Crippen LogP contribution < -0.4 is 9.80 Å². The smallest absolute Gasteiger partial charge is 0.159 e. The van der Waals surface area contributed by atoms with E-state index in [1.54, 1.807) is 12.1 Å². The van der Waals surface area contributed by atoms with Crippen molar-refractivity contribution in [1.29, 1.82) is 0 Å². The monoisotopic (exact) mass is 864 g/mol. The highest BCUT2D eigenvalue weighted by atomic mass is 16.3. The Balaban J connectivity index is 1.02. The lowest BCUT2D eigenvalue weighted by molar-refractivity contribution is 0.665. The van der Waals surface area contributed by atoms with Gasteiger partial charge in [-0.25, -0.2) is 0 Å². The number of rotatable bonds is 6. The number of fused-ring (bicyclic) bond motifs is 14. The van der Waals surface area contributed by atoms with Crippen LogP contribution in [-0.2, 0) is 0 Å². The van der Waals surface area contributed by atoms with Crippen LogP contribution in [0.5, 0.6) is 0 Å². The molecule has 0 saturated heterocycles. The zero-order chi connectivity index (χ0) is 47.2. The maximum atomic E-state index is 8.34. The molecule has 0 aliphatic heterocycles. The number of hydrogen-bond donors (Lipinski definition) is 0. The van der Waals surface area contributed by atoms with Gasteiger partial charge >= 0.3 is 0 Å². The van der Waals surface area contributed by atoms with E-state index < -0.39 is 6.85 Å². The van der Waals surface area contributed by atoms with Crippen molar-refractivity contribution < 1.29 is 12.9 Å². The number of nitrogens with zero attached hydrogens (tertiary/aromatic N) is 3. The van der Waals surface area contributed by atoms with E-state index in [4.69, 9.17) is 12.9 Å². The molecule has 4 heterocycles. The SMILES string of the molecule is [2H]C([2H])([2H])c1cccc2c1oc1c(N(c3ccc4cc5c6ccc(N(c7ccccc7C)c7cccc8c7oc7c(C)cccc78)cc6n6c7ccccc7c(c4c3)c56)c3ccccc3C)cccc12. The first-order valence-electron chi connectivity index (χ1n) is 24.3. The van der Waals surface area contributed by atoms with E-state index in [9.17, 15) is 0 Å². The van der Waals surface area contributed by atoms with Gasteiger partial charge in [0.05, 0.1) is 27.9 Å². The molecule has 0 amide bonds. The molecule has 0 spiro atoms. The van der Waals surface area contributed by atoms with Gasteiger partial charge in [-0.1, -0.05) is 127 Å². The second-order valence-electron chi connectivity index (χ2n) is 18.0. The first kappa shape index (κ1) is 34.8. The van der Waals surface area contributed by atoms with Crippen LogP contribution in [0.1, 0.15) is 26.4 Å². The zero-order valence-corrected chi connectivity index (χ0v) is 37.1. The lowest BCUT2D eigenvalue weighted by atomic mass is 9.98. The first-order chi connectivity index (χ1) is 34.1. The quantitative estimate of drug-likeness (QED) is 0.167. The summed E-state index contributed by atoms with van der Waals surface area (Å²) in [7, 11) is 0. The van der Waals surface area contributed by atoms with Crippen molar-refractivity contribution in [2.75, 3.05) is 9.80 Å². The summed E-state index contributed by atoms with van der Waals surface area (Å²) in [6.45, 7) is 4.07. The maximum Gasteiger partial charge on any atom is 0.159 e. The molecule has 0 atom stereocenters. The summed E-state index contributed by atoms with van der Waals surface area (Å²) in [5, 5.41) is 10.8. The highest BCUT2D eigenvalue weighted by molar-refractivity contribution is 6.32. The summed E-state index contributed by atoms with van der Waals surface area (Å²) in [6.07, 6.45) is 0. The van der Waals surface area contributed by atoms with Crippen molar-refractivity contribution in [2.45, 2.75) is 27.6 Å². The van der Waals surface area contributed by atoms with E-state index in [0.717, 1.165) is 105 Å². The number of aryl methyl sites for hydroxylation is 4. The van der Waals surface area contributed by atoms with Gasteiger partial charge in [0.15, 0.2) is 11.2 Å². The Hall–Kier alpha value is -8.54. The summed E-state index contributed by atoms with van der Waals surface area (Å²) >= 11 is 0. The van der Waals surface area contributed by atoms with Crippen LogP contribution in [0.15, 0.2) is 197 Å². The molecule has 318 valence electrons. The van der Waals surface area contributed by atoms with E-state index in [0.29, 0.717) is 11.2 Å². The van der Waals surface area contributed by atoms with Gasteiger partial charge in [-0.05, 0) is 121 Å². The van der Waals surface area contributed by atoms with Crippen LogP contribution in [0.4, 0.5) is 34.1 Å². The number of hydrogen-bond acceptors (Lipinski definition) is 4. The maximum absolute atomic E-state index is 8.34. The second-order valence-corrected chi connectivity index (χ2v) is 18.0. The van der Waals surface area contributed by atoms with E-state index >= 15 is 0 Å². The standard InChI is InChI=1S/C62H43N3O2/c1-36-15-5-8-24-51(36)63(54-27-13-22-46-44-20-11-17-38(3)59(44)66-61(46)54)41-30-29-40-33-50-43-32-31-42(35-56(43)65-53-26-10-7-19-48(53)57(58(50)65)49(40)34-41)64(52-25-9-6-16-37(52)2)55-28-14-23-47-45-21-12-18-39(4)60(45)67-62(47)55/h5-35H,1-4H3/i3D3. The van der Waals surface area contributed by atoms with E-state index in [-0.39, 0.29) is 5.56 Å². The van der Waals surface area contributed by atoms with Gasteiger partial charge in [-0.15, -0.1) is 0 Å². The molecule has 0 unspecified atom stereocenters. The van der Waals surface area contributed by atoms with Crippen LogP contribution in [0, 0.1) is 27.6 Å². The lowest BCUT2D eigenvalue weighted by Gasteiger charge is -2.27. The molecule has 67 heavy (non-hydrogen) atoms. The summed E-state index contributed by atoms with van der Waals surface area (Å²) in [5.41, 5.74) is 15.6. The molecule has 4 aromatic heterocycles. The molecule has 0 aliphatic rings. The molecular formula is C62H43N3O2. The van der Waals surface area contributed by atoms with Gasteiger partial charge < -0.3 is 23.0 Å². The molecule has 0 saturated carbocycles. The fourth-order valence-electron chi connectivity index (χ4n) is 11.1. The fourth-order valence-corrected chi connectivity index (χ4v) is 11.1. The molecule has 10 aromatic carbocycles. The normalized spacial score (nSPS) is 13.0. The van der Waals surface area contributed by atoms with Crippen molar-refractivity contribution in [2.24, 2.45) is 0 Å². The number of para-hydroxylation sites is 7. The fraction of sp³-hybridized carbons (Fsp3) is 0.0645. The molecule has 0 aliphatic carbocycles. The summed E-state index contributed by atoms with van der Waals surface area (Å²) in [4.78, 5) is 4.62. The van der Waals surface area contributed by atoms with Gasteiger partial charge in [-0.3, -0.25) is 0 Å². The highest BCUT2D eigenvalue weighted by Gasteiger charge is 2.26. The average Bonchev–Trinajstić information content (AvgIpc) is 4.13. The zero-order valence-electron chi connectivity index (χ0n) is 40.1. The van der Waals surface area contributed by atoms with E-state index in [2.05, 4.69) is 193 Å². The van der Waals surface area contributed by atoms with Crippen LogP contribution in [0.3, 0.4) is 0 Å². The summed E-state index contributed by atoms with van der Waals surface area (Å²) in [5.74, 6) is 0. The Labute approximate surface area is 390 Å². The summed E-state index contributed by atoms with van der Waals surface area (Å²) < 4.78 is 41.0. The molecule has 0 N–H and O–H groups in total. The molecule has 0 bridgehead atoms. The number of furan rings is 2.